The lowest BCUT2D eigenvalue weighted by Gasteiger charge is -2.21. The topological polar surface area (TPSA) is 81.3 Å². The molecule has 1 atom stereocenters. The Morgan fingerprint density at radius 3 is 2.47 bits per heavy atom. The Morgan fingerprint density at radius 2 is 1.95 bits per heavy atom. The highest BCUT2D eigenvalue weighted by atomic mass is 35.5. The molecule has 0 saturated carbocycles. The third-order valence-electron chi connectivity index (χ3n) is 2.42. The molecule has 6 heteroatoms. The average Bonchev–Trinajstić information content (AvgIpc) is 2.30. The number of carbonyl (C=O) groups excluding carboxylic acids is 2. The van der Waals surface area contributed by atoms with Crippen molar-refractivity contribution in [3.63, 3.8) is 0 Å². The normalized spacial score (nSPS) is 12.0. The molecule has 1 aromatic carbocycles. The molecule has 0 bridgehead atoms. The van der Waals surface area contributed by atoms with Gasteiger partial charge < -0.3 is 20.5 Å². The first-order valence-electron chi connectivity index (χ1n) is 5.93. The highest BCUT2D eigenvalue weighted by Crippen LogP contribution is 2.20. The van der Waals surface area contributed by atoms with Crippen LogP contribution in [0.2, 0.25) is 5.02 Å². The van der Waals surface area contributed by atoms with Crippen LogP contribution >= 0.6 is 11.6 Å². The second-order valence-electron chi connectivity index (χ2n) is 4.58. The van der Waals surface area contributed by atoms with Gasteiger partial charge in [0.25, 0.3) is 0 Å². The molecule has 19 heavy (non-hydrogen) atoms. The Labute approximate surface area is 117 Å². The van der Waals surface area contributed by atoms with Gasteiger partial charge in [-0.1, -0.05) is 37.6 Å². The highest BCUT2D eigenvalue weighted by Gasteiger charge is 2.15. The van der Waals surface area contributed by atoms with Crippen molar-refractivity contribution in [2.24, 2.45) is 5.92 Å². The first-order chi connectivity index (χ1) is 8.90. The average molecular weight is 284 g/mol. The molecule has 0 unspecified atom stereocenters. The number of urea groups is 1. The summed E-state index contributed by atoms with van der Waals surface area (Å²) in [6, 6.07) is 5.05. The van der Waals surface area contributed by atoms with Crippen molar-refractivity contribution >= 4 is 29.3 Å². The first-order valence-corrected chi connectivity index (χ1v) is 6.31. The number of hydrogen-bond acceptors (Lipinski definition) is 3. The van der Waals surface area contributed by atoms with E-state index in [4.69, 9.17) is 11.6 Å². The number of nitrogens with one attached hydrogen (secondary N) is 2. The fourth-order valence-corrected chi connectivity index (χ4v) is 1.75. The minimum absolute atomic E-state index is 0.128. The van der Waals surface area contributed by atoms with Gasteiger partial charge in [0.1, 0.15) is 0 Å². The number of amides is 2. The van der Waals surface area contributed by atoms with E-state index in [9.17, 15) is 14.7 Å². The van der Waals surface area contributed by atoms with E-state index in [1.54, 1.807) is 24.3 Å². The Kier molecular flexibility index (Phi) is 5.63. The summed E-state index contributed by atoms with van der Waals surface area (Å²) in [7, 11) is 0. The van der Waals surface area contributed by atoms with Gasteiger partial charge >= 0.3 is 6.03 Å². The summed E-state index contributed by atoms with van der Waals surface area (Å²) in [5.74, 6) is -1.17. The Hall–Kier alpha value is -1.75. The van der Waals surface area contributed by atoms with E-state index in [2.05, 4.69) is 10.6 Å². The Bertz CT molecular complexity index is 463. The summed E-state index contributed by atoms with van der Waals surface area (Å²) in [4.78, 5) is 22.6. The molecule has 104 valence electrons. The minimum Gasteiger partial charge on any atom is -0.548 e. The molecule has 0 saturated heterocycles. The number of rotatable bonds is 5. The maximum Gasteiger partial charge on any atom is 0.319 e. The molecule has 1 aromatic rings. The molecule has 0 aliphatic carbocycles. The molecule has 0 radical (unpaired) electrons. The molecule has 0 aliphatic rings. The number of hydrogen-bond donors (Lipinski definition) is 2. The quantitative estimate of drug-likeness (QED) is 0.862. The summed E-state index contributed by atoms with van der Waals surface area (Å²) >= 11 is 5.88. The van der Waals surface area contributed by atoms with Crippen molar-refractivity contribution < 1.29 is 14.7 Å². The predicted octanol–water partition coefficient (Wildman–Crippen LogP) is 1.63. The van der Waals surface area contributed by atoms with Crippen LogP contribution in [0.3, 0.4) is 0 Å². The van der Waals surface area contributed by atoms with Crippen LogP contribution in [0.25, 0.3) is 0 Å². The van der Waals surface area contributed by atoms with E-state index >= 15 is 0 Å². The van der Waals surface area contributed by atoms with E-state index in [0.717, 1.165) is 0 Å². The van der Waals surface area contributed by atoms with Crippen LogP contribution < -0.4 is 15.7 Å². The number of benzene rings is 1. The summed E-state index contributed by atoms with van der Waals surface area (Å²) in [6.07, 6.45) is 0.304. The van der Waals surface area contributed by atoms with Crippen LogP contribution in [0.5, 0.6) is 0 Å². The van der Waals surface area contributed by atoms with Crippen LogP contribution in [0.15, 0.2) is 24.3 Å². The molecule has 2 N–H and O–H groups in total. The van der Waals surface area contributed by atoms with Crippen molar-refractivity contribution in [3.05, 3.63) is 29.3 Å². The van der Waals surface area contributed by atoms with Crippen molar-refractivity contribution in [2.75, 3.05) is 5.32 Å². The van der Waals surface area contributed by atoms with E-state index in [1.807, 2.05) is 13.8 Å². The van der Waals surface area contributed by atoms with Gasteiger partial charge in [-0.25, -0.2) is 4.79 Å². The maximum absolute atomic E-state index is 11.7. The van der Waals surface area contributed by atoms with Gasteiger partial charge in [-0.05, 0) is 24.5 Å². The molecule has 0 aliphatic heterocycles. The summed E-state index contributed by atoms with van der Waals surface area (Å²) in [5.41, 5.74) is 0.420. The Morgan fingerprint density at radius 1 is 1.32 bits per heavy atom. The number of carboxylic acids is 1. The van der Waals surface area contributed by atoms with Gasteiger partial charge in [-0.2, -0.15) is 0 Å². The lowest BCUT2D eigenvalue weighted by molar-refractivity contribution is -0.308. The lowest BCUT2D eigenvalue weighted by atomic mass is 10.0. The molecule has 5 nitrogen and oxygen atoms in total. The zero-order valence-corrected chi connectivity index (χ0v) is 11.5. The monoisotopic (exact) mass is 283 g/mol. The zero-order valence-electron chi connectivity index (χ0n) is 10.8. The smallest absolute Gasteiger partial charge is 0.319 e. The third kappa shape index (κ3) is 5.18. The highest BCUT2D eigenvalue weighted by molar-refractivity contribution is 6.33. The second-order valence-corrected chi connectivity index (χ2v) is 4.99. The number of carboxylic acid groups (broad SMARTS) is 1. The predicted molar refractivity (Wildman–Crippen MR) is 71.9 cm³/mol. The van der Waals surface area contributed by atoms with Crippen molar-refractivity contribution in [1.29, 1.82) is 0 Å². The van der Waals surface area contributed by atoms with Crippen molar-refractivity contribution in [2.45, 2.75) is 26.3 Å². The van der Waals surface area contributed by atoms with Gasteiger partial charge in [0, 0.05) is 0 Å². The molecule has 0 aromatic heterocycles. The molecule has 0 fully saturated rings. The van der Waals surface area contributed by atoms with Gasteiger partial charge in [0.2, 0.25) is 0 Å². The first kappa shape index (κ1) is 15.3. The van der Waals surface area contributed by atoms with Crippen molar-refractivity contribution in [3.8, 4) is 0 Å². The SMILES string of the molecule is CC(C)C[C@H](NC(=O)Nc1ccccc1Cl)C(=O)[O-]. The van der Waals surface area contributed by atoms with Crippen LogP contribution in [0, 0.1) is 5.92 Å². The molecule has 1 rings (SSSR count). The fraction of sp³-hybridized carbons (Fsp3) is 0.385. The number of halogens is 1. The fourth-order valence-electron chi connectivity index (χ4n) is 1.56. The number of aliphatic carboxylic acids is 1. The molecule has 2 amide bonds. The molecule has 0 spiro atoms. The number of carbonyl (C=O) groups is 2. The van der Waals surface area contributed by atoms with Crippen LogP contribution in [-0.2, 0) is 4.79 Å². The summed E-state index contributed by atoms with van der Waals surface area (Å²) in [6.45, 7) is 3.73. The van der Waals surface area contributed by atoms with E-state index in [-0.39, 0.29) is 5.92 Å². The number of anilines is 1. The van der Waals surface area contributed by atoms with E-state index in [1.165, 1.54) is 0 Å². The standard InChI is InChI=1S/C13H17ClN2O3/c1-8(2)7-11(12(17)18)16-13(19)15-10-6-4-3-5-9(10)14/h3-6,8,11H,7H2,1-2H3,(H,17,18)(H2,15,16,19)/p-1/t11-/m0/s1. The Balaban J connectivity index is 2.63. The van der Waals surface area contributed by atoms with Gasteiger partial charge in [-0.3, -0.25) is 0 Å². The lowest BCUT2D eigenvalue weighted by Crippen LogP contribution is -2.49. The van der Waals surface area contributed by atoms with Crippen molar-refractivity contribution in [1.82, 2.24) is 5.32 Å². The summed E-state index contributed by atoms with van der Waals surface area (Å²) < 4.78 is 0. The summed E-state index contributed by atoms with van der Waals surface area (Å²) in [5, 5.41) is 16.1. The molecular weight excluding hydrogens is 268 g/mol. The second kappa shape index (κ2) is 6.99. The van der Waals surface area contributed by atoms with Gasteiger partial charge in [-0.15, -0.1) is 0 Å². The molecule has 0 heterocycles. The van der Waals surface area contributed by atoms with Crippen LogP contribution in [-0.4, -0.2) is 18.0 Å². The third-order valence-corrected chi connectivity index (χ3v) is 2.75. The van der Waals surface area contributed by atoms with Gasteiger partial charge in [0.15, 0.2) is 0 Å². The number of para-hydroxylation sites is 1. The molecular formula is C13H16ClN2O3-. The zero-order chi connectivity index (χ0) is 14.4. The van der Waals surface area contributed by atoms with E-state index < -0.39 is 18.0 Å². The minimum atomic E-state index is -1.30. The van der Waals surface area contributed by atoms with Crippen LogP contribution in [0.1, 0.15) is 20.3 Å². The van der Waals surface area contributed by atoms with E-state index in [0.29, 0.717) is 17.1 Å². The van der Waals surface area contributed by atoms with Crippen LogP contribution in [0.4, 0.5) is 10.5 Å². The maximum atomic E-state index is 11.7. The largest absolute Gasteiger partial charge is 0.548 e. The van der Waals surface area contributed by atoms with Gasteiger partial charge in [0.05, 0.1) is 22.7 Å².